The quantitative estimate of drug-likeness (QED) is 0.759. The van der Waals surface area contributed by atoms with E-state index in [1.54, 1.807) is 0 Å². The lowest BCUT2D eigenvalue weighted by Crippen LogP contribution is -2.48. The molecule has 1 unspecified atom stereocenters. The van der Waals surface area contributed by atoms with Gasteiger partial charge < -0.3 is 10.6 Å². The Bertz CT molecular complexity index is 944. The number of nitrogens with zero attached hydrogens (tertiary/aromatic N) is 2. The van der Waals surface area contributed by atoms with Crippen LogP contribution in [-0.2, 0) is 27.3 Å². The van der Waals surface area contributed by atoms with Gasteiger partial charge in [-0.05, 0) is 60.2 Å². The van der Waals surface area contributed by atoms with E-state index in [-0.39, 0.29) is 6.42 Å². The molecule has 0 saturated carbocycles. The summed E-state index contributed by atoms with van der Waals surface area (Å²) in [5, 5.41) is 0. The Morgan fingerprint density at radius 2 is 1.75 bits per heavy atom. The summed E-state index contributed by atoms with van der Waals surface area (Å²) in [6, 6.07) is 14.2. The number of hydrogen-bond acceptors (Lipinski definition) is 3. The zero-order valence-corrected chi connectivity index (χ0v) is 17.5. The number of amides is 1. The molecule has 1 saturated heterocycles. The lowest BCUT2D eigenvalue weighted by atomic mass is 10.1. The fraction of sp³-hybridized carbons (Fsp3) is 0.364. The van der Waals surface area contributed by atoms with Crippen LogP contribution in [-0.4, -0.2) is 46.5 Å². The molecule has 150 valence electrons. The molecule has 6 heteroatoms. The number of nitrogens with two attached hydrogens (primary N) is 1. The third-order valence-electron chi connectivity index (χ3n) is 5.42. The van der Waals surface area contributed by atoms with E-state index in [1.165, 1.54) is 11.3 Å². The second-order valence-electron chi connectivity index (χ2n) is 7.31. The number of anilines is 1. The molecule has 1 aliphatic rings. The number of carbonyl (C=O) groups excluding carboxylic acids is 1. The van der Waals surface area contributed by atoms with Crippen molar-refractivity contribution in [1.29, 1.82) is 0 Å². The highest BCUT2D eigenvalue weighted by molar-refractivity contribution is 7.98. The summed E-state index contributed by atoms with van der Waals surface area (Å²) in [7, 11) is -2.60. The van der Waals surface area contributed by atoms with Gasteiger partial charge in [-0.15, -0.1) is 0 Å². The molecule has 1 fully saturated rings. The monoisotopic (exact) mass is 399 g/mol. The molecule has 3 rings (SSSR count). The normalized spacial score (nSPS) is 17.3. The van der Waals surface area contributed by atoms with Crippen molar-refractivity contribution < 1.29 is 9.00 Å². The van der Waals surface area contributed by atoms with Gasteiger partial charge in [-0.1, -0.05) is 25.1 Å². The van der Waals surface area contributed by atoms with E-state index >= 15 is 0 Å². The van der Waals surface area contributed by atoms with Crippen LogP contribution in [0.4, 0.5) is 5.69 Å². The standard InChI is InChI=1S/C22H29N3O2S/c1-4-18-6-8-20(9-7-18)24-11-13-25(14-12-24)28(3,27)21-10-5-17(2)19(15-21)16-22(23)26/h5-10,15H,3-4,11-14,16H2,1-2H3,(H2,23,26). The van der Waals surface area contributed by atoms with Crippen LogP contribution in [0, 0.1) is 6.92 Å². The summed E-state index contributed by atoms with van der Waals surface area (Å²) < 4.78 is 15.5. The van der Waals surface area contributed by atoms with E-state index in [2.05, 4.69) is 42.0 Å². The molecule has 1 amide bonds. The number of benzene rings is 2. The van der Waals surface area contributed by atoms with E-state index in [0.29, 0.717) is 18.0 Å². The minimum absolute atomic E-state index is 0.150. The SMILES string of the molecule is C=S(=O)(c1ccc(C)c(CC(N)=O)c1)N1CCN(c2ccc(CC)cc2)CC1. The lowest BCUT2D eigenvalue weighted by Gasteiger charge is -2.37. The summed E-state index contributed by atoms with van der Waals surface area (Å²) >= 11 is 0. The second kappa shape index (κ2) is 8.37. The van der Waals surface area contributed by atoms with E-state index in [0.717, 1.165) is 30.6 Å². The molecule has 2 aromatic carbocycles. The largest absolute Gasteiger partial charge is 0.369 e. The zero-order valence-electron chi connectivity index (χ0n) is 16.7. The van der Waals surface area contributed by atoms with Gasteiger partial charge in [0.1, 0.15) is 0 Å². The topological polar surface area (TPSA) is 66.6 Å². The molecule has 0 spiro atoms. The molecule has 1 atom stereocenters. The third kappa shape index (κ3) is 4.39. The molecule has 0 radical (unpaired) electrons. The second-order valence-corrected chi connectivity index (χ2v) is 9.58. The molecule has 1 heterocycles. The number of hydrogen-bond donors (Lipinski definition) is 1. The maximum absolute atomic E-state index is 13.5. The van der Waals surface area contributed by atoms with Crippen molar-refractivity contribution in [1.82, 2.24) is 4.31 Å². The first-order valence-electron chi connectivity index (χ1n) is 9.65. The molecule has 0 bridgehead atoms. The van der Waals surface area contributed by atoms with E-state index in [9.17, 15) is 9.00 Å². The number of aryl methyl sites for hydroxylation is 2. The van der Waals surface area contributed by atoms with Crippen molar-refractivity contribution in [2.24, 2.45) is 5.73 Å². The van der Waals surface area contributed by atoms with E-state index < -0.39 is 15.6 Å². The number of carbonyl (C=O) groups is 1. The van der Waals surface area contributed by atoms with Crippen LogP contribution in [0.15, 0.2) is 47.4 Å². The Labute approximate surface area is 168 Å². The first-order valence-corrected chi connectivity index (χ1v) is 11.3. The Hall–Kier alpha value is -2.31. The lowest BCUT2D eigenvalue weighted by molar-refractivity contribution is -0.117. The average Bonchev–Trinajstić information content (AvgIpc) is 2.69. The third-order valence-corrected chi connectivity index (χ3v) is 7.61. The minimum Gasteiger partial charge on any atom is -0.369 e. The summed E-state index contributed by atoms with van der Waals surface area (Å²) in [6.45, 7) is 7.04. The van der Waals surface area contributed by atoms with Gasteiger partial charge in [-0.25, -0.2) is 8.51 Å². The van der Waals surface area contributed by atoms with Crippen molar-refractivity contribution in [3.8, 4) is 0 Å². The van der Waals surface area contributed by atoms with Crippen LogP contribution in [0.1, 0.15) is 23.6 Å². The van der Waals surface area contributed by atoms with Crippen molar-refractivity contribution in [2.45, 2.75) is 31.6 Å². The highest BCUT2D eigenvalue weighted by Gasteiger charge is 2.25. The zero-order chi connectivity index (χ0) is 20.3. The van der Waals surface area contributed by atoms with Gasteiger partial charge in [-0.3, -0.25) is 4.79 Å². The Morgan fingerprint density at radius 3 is 2.32 bits per heavy atom. The Balaban J connectivity index is 1.73. The van der Waals surface area contributed by atoms with Crippen molar-refractivity contribution in [2.75, 3.05) is 31.1 Å². The highest BCUT2D eigenvalue weighted by Crippen LogP contribution is 2.23. The maximum Gasteiger partial charge on any atom is 0.221 e. The minimum atomic E-state index is -2.60. The molecule has 0 aromatic heterocycles. The van der Waals surface area contributed by atoms with Crippen molar-refractivity contribution in [3.05, 3.63) is 59.2 Å². The van der Waals surface area contributed by atoms with Gasteiger partial charge >= 0.3 is 0 Å². The summed E-state index contributed by atoms with van der Waals surface area (Å²) in [5.74, 6) is 3.66. The van der Waals surface area contributed by atoms with E-state index in [4.69, 9.17) is 5.73 Å². The molecular formula is C22H29N3O2S. The highest BCUT2D eigenvalue weighted by atomic mass is 32.2. The molecule has 2 N–H and O–H groups in total. The Kier molecular flexibility index (Phi) is 6.10. The van der Waals surface area contributed by atoms with Gasteiger partial charge in [-0.2, -0.15) is 0 Å². The van der Waals surface area contributed by atoms with Crippen molar-refractivity contribution in [3.63, 3.8) is 0 Å². The predicted molar refractivity (Wildman–Crippen MR) is 117 cm³/mol. The van der Waals surface area contributed by atoms with Crippen LogP contribution < -0.4 is 10.6 Å². The van der Waals surface area contributed by atoms with Crippen LogP contribution in [0.25, 0.3) is 0 Å². The molecular weight excluding hydrogens is 370 g/mol. The maximum atomic E-state index is 13.5. The number of primary amides is 1. The van der Waals surface area contributed by atoms with Crippen LogP contribution in [0.3, 0.4) is 0 Å². The fourth-order valence-corrected chi connectivity index (χ4v) is 5.22. The predicted octanol–water partition coefficient (Wildman–Crippen LogP) is 2.40. The first kappa shape index (κ1) is 20.4. The summed E-state index contributed by atoms with van der Waals surface area (Å²) in [6.07, 6.45) is 1.18. The van der Waals surface area contributed by atoms with Crippen LogP contribution >= 0.6 is 0 Å². The van der Waals surface area contributed by atoms with Crippen molar-refractivity contribution >= 4 is 27.2 Å². The average molecular weight is 400 g/mol. The van der Waals surface area contributed by atoms with Gasteiger partial charge in [0.15, 0.2) is 0 Å². The van der Waals surface area contributed by atoms with E-state index in [1.807, 2.05) is 29.4 Å². The van der Waals surface area contributed by atoms with Gasteiger partial charge in [0, 0.05) is 36.8 Å². The first-order chi connectivity index (χ1) is 13.3. The molecule has 0 aliphatic carbocycles. The Morgan fingerprint density at radius 1 is 1.11 bits per heavy atom. The molecule has 5 nitrogen and oxygen atoms in total. The summed E-state index contributed by atoms with van der Waals surface area (Å²) in [4.78, 5) is 14.3. The van der Waals surface area contributed by atoms with Gasteiger partial charge in [0.25, 0.3) is 0 Å². The summed E-state index contributed by atoms with van der Waals surface area (Å²) in [5.41, 5.74) is 9.66. The number of piperazine rings is 1. The smallest absolute Gasteiger partial charge is 0.221 e. The molecule has 2 aromatic rings. The fourth-order valence-electron chi connectivity index (χ4n) is 3.56. The van der Waals surface area contributed by atoms with Crippen LogP contribution in [0.5, 0.6) is 0 Å². The number of rotatable bonds is 6. The molecule has 28 heavy (non-hydrogen) atoms. The van der Waals surface area contributed by atoms with Gasteiger partial charge in [0.2, 0.25) is 5.91 Å². The van der Waals surface area contributed by atoms with Crippen LogP contribution in [0.2, 0.25) is 0 Å². The van der Waals surface area contributed by atoms with Gasteiger partial charge in [0.05, 0.1) is 16.1 Å². The molecule has 1 aliphatic heterocycles.